The van der Waals surface area contributed by atoms with Crippen LogP contribution < -0.4 is 10.2 Å². The predicted molar refractivity (Wildman–Crippen MR) is 128 cm³/mol. The molecule has 3 aliphatic rings. The van der Waals surface area contributed by atoms with Gasteiger partial charge in [0.05, 0.1) is 5.02 Å². The lowest BCUT2D eigenvalue weighted by molar-refractivity contribution is -0.227. The number of hydroxylamine groups is 2. The van der Waals surface area contributed by atoms with Crippen LogP contribution in [0.25, 0.3) is 0 Å². The number of amidine groups is 1. The van der Waals surface area contributed by atoms with E-state index in [4.69, 9.17) is 21.3 Å². The zero-order chi connectivity index (χ0) is 24.0. The van der Waals surface area contributed by atoms with Crippen molar-refractivity contribution in [1.29, 1.82) is 0 Å². The van der Waals surface area contributed by atoms with Crippen LogP contribution in [0.1, 0.15) is 58.3 Å². The summed E-state index contributed by atoms with van der Waals surface area (Å²) >= 11 is 6.28. The maximum absolute atomic E-state index is 13.4. The van der Waals surface area contributed by atoms with Crippen LogP contribution in [0.3, 0.4) is 0 Å². The lowest BCUT2D eigenvalue weighted by Gasteiger charge is -2.39. The molecule has 1 saturated heterocycles. The van der Waals surface area contributed by atoms with E-state index in [1.807, 2.05) is 0 Å². The molecule has 2 fully saturated rings. The van der Waals surface area contributed by atoms with Gasteiger partial charge < -0.3 is 24.8 Å². The molecule has 1 saturated carbocycles. The van der Waals surface area contributed by atoms with E-state index in [0.717, 1.165) is 38.5 Å². The minimum Gasteiger partial charge on any atom is -0.362 e. The smallest absolute Gasteiger partial charge is 0.362 e. The molecule has 0 radical (unpaired) electrons. The van der Waals surface area contributed by atoms with Crippen LogP contribution in [0, 0.1) is 0 Å². The summed E-state index contributed by atoms with van der Waals surface area (Å²) in [7, 11) is 0. The number of hydrogen-bond acceptors (Lipinski definition) is 8. The van der Waals surface area contributed by atoms with Crippen LogP contribution in [0.2, 0.25) is 5.02 Å². The Morgan fingerprint density at radius 1 is 1.18 bits per heavy atom. The van der Waals surface area contributed by atoms with Crippen molar-refractivity contribution in [2.75, 3.05) is 37.6 Å². The highest BCUT2D eigenvalue weighted by atomic mass is 35.5. The van der Waals surface area contributed by atoms with Gasteiger partial charge in [-0.25, -0.2) is 9.78 Å². The van der Waals surface area contributed by atoms with Crippen molar-refractivity contribution < 1.29 is 19.3 Å². The Balaban J connectivity index is 1.41. The van der Waals surface area contributed by atoms with Gasteiger partial charge in [0.25, 0.3) is 11.7 Å². The largest absolute Gasteiger partial charge is 0.431 e. The van der Waals surface area contributed by atoms with Crippen molar-refractivity contribution in [2.45, 2.75) is 64.0 Å². The molecule has 0 atom stereocenters. The third-order valence-electron chi connectivity index (χ3n) is 6.52. The Kier molecular flexibility index (Phi) is 7.97. The fourth-order valence-corrected chi connectivity index (χ4v) is 4.84. The first-order valence-corrected chi connectivity index (χ1v) is 12.6. The van der Waals surface area contributed by atoms with E-state index in [2.05, 4.69) is 27.3 Å². The van der Waals surface area contributed by atoms with E-state index in [-0.39, 0.29) is 11.7 Å². The van der Waals surface area contributed by atoms with Gasteiger partial charge in [-0.1, -0.05) is 42.9 Å². The van der Waals surface area contributed by atoms with Gasteiger partial charge in [0, 0.05) is 51.8 Å². The summed E-state index contributed by atoms with van der Waals surface area (Å²) in [4.78, 5) is 45.5. The quantitative estimate of drug-likeness (QED) is 0.581. The number of carbonyl (C=O) groups is 2. The summed E-state index contributed by atoms with van der Waals surface area (Å²) in [6.45, 7) is 4.73. The van der Waals surface area contributed by atoms with Crippen LogP contribution >= 0.6 is 11.6 Å². The highest BCUT2D eigenvalue weighted by molar-refractivity contribution is 6.37. The molecule has 2 amide bonds. The second-order valence-electron chi connectivity index (χ2n) is 8.91. The van der Waals surface area contributed by atoms with Crippen LogP contribution in [-0.4, -0.2) is 71.2 Å². The zero-order valence-corrected chi connectivity index (χ0v) is 20.4. The fraction of sp³-hybridized carbons (Fsp3) is 0.652. The maximum Gasteiger partial charge on any atom is 0.431 e. The first-order chi connectivity index (χ1) is 16.5. The molecule has 1 aromatic rings. The Hall–Kier alpha value is -2.75. The normalized spacial score (nSPS) is 19.6. The van der Waals surface area contributed by atoms with Gasteiger partial charge in [-0.2, -0.15) is 0 Å². The third-order valence-corrected chi connectivity index (χ3v) is 6.82. The average Bonchev–Trinajstić information content (AvgIpc) is 3.19. The lowest BCUT2D eigenvalue weighted by Crippen LogP contribution is -2.57. The SMILES string of the molecule is CCCCCNC(=O)ON1C(C(=O)N2CCN(c3ncccc3Cl)CC2)=NOC12CCCCC2. The molecule has 10 nitrogen and oxygen atoms in total. The summed E-state index contributed by atoms with van der Waals surface area (Å²) in [6, 6.07) is 3.59. The Morgan fingerprint density at radius 2 is 1.94 bits per heavy atom. The Labute approximate surface area is 205 Å². The van der Waals surface area contributed by atoms with Crippen LogP contribution in [0.4, 0.5) is 10.6 Å². The molecule has 0 unspecified atom stereocenters. The average molecular weight is 493 g/mol. The molecule has 1 spiro atoms. The van der Waals surface area contributed by atoms with Gasteiger partial charge in [-0.05, 0) is 31.4 Å². The molecule has 1 N–H and O–H groups in total. The molecular weight excluding hydrogens is 460 g/mol. The van der Waals surface area contributed by atoms with Crippen LogP contribution in [0.15, 0.2) is 23.5 Å². The van der Waals surface area contributed by atoms with Crippen LogP contribution in [-0.2, 0) is 14.5 Å². The number of unbranched alkanes of at least 4 members (excludes halogenated alkanes) is 2. The van der Waals surface area contributed by atoms with E-state index < -0.39 is 11.8 Å². The summed E-state index contributed by atoms with van der Waals surface area (Å²) in [5, 5.41) is 8.80. The number of hydrogen-bond donors (Lipinski definition) is 1. The number of aromatic nitrogens is 1. The zero-order valence-electron chi connectivity index (χ0n) is 19.7. The Morgan fingerprint density at radius 3 is 2.65 bits per heavy atom. The van der Waals surface area contributed by atoms with Crippen molar-refractivity contribution >= 4 is 35.3 Å². The van der Waals surface area contributed by atoms with Crippen molar-refractivity contribution in [3.63, 3.8) is 0 Å². The predicted octanol–water partition coefficient (Wildman–Crippen LogP) is 3.52. The van der Waals surface area contributed by atoms with Gasteiger partial charge in [0.1, 0.15) is 5.82 Å². The number of halogens is 1. The van der Waals surface area contributed by atoms with Gasteiger partial charge in [-0.15, -0.1) is 5.06 Å². The van der Waals surface area contributed by atoms with E-state index >= 15 is 0 Å². The number of amides is 2. The van der Waals surface area contributed by atoms with E-state index in [1.54, 1.807) is 23.2 Å². The number of rotatable bonds is 7. The van der Waals surface area contributed by atoms with Crippen LogP contribution in [0.5, 0.6) is 0 Å². The number of carbonyl (C=O) groups excluding carboxylic acids is 2. The maximum atomic E-state index is 13.4. The van der Waals surface area contributed by atoms with Gasteiger partial charge in [-0.3, -0.25) is 4.79 Å². The molecule has 186 valence electrons. The number of pyridine rings is 1. The first kappa shape index (κ1) is 24.4. The molecule has 1 aromatic heterocycles. The molecule has 4 rings (SSSR count). The summed E-state index contributed by atoms with van der Waals surface area (Å²) in [6.07, 6.45) is 8.25. The van der Waals surface area contributed by atoms with Crippen molar-refractivity contribution in [3.05, 3.63) is 23.4 Å². The number of piperazine rings is 1. The summed E-state index contributed by atoms with van der Waals surface area (Å²) in [5.41, 5.74) is -0.909. The standard InChI is InChI=1S/C23H33ClN6O4/c1-2-3-7-12-26-22(32)33-30-20(27-34-23(30)10-5-4-6-11-23)21(31)29-16-14-28(15-17-29)19-18(24)9-8-13-25-19/h8-9,13H,2-7,10-12,14-17H2,1H3,(H,26,32). The molecule has 3 heterocycles. The monoisotopic (exact) mass is 492 g/mol. The highest BCUT2D eigenvalue weighted by Gasteiger charge is 2.52. The fourth-order valence-electron chi connectivity index (χ4n) is 4.60. The second kappa shape index (κ2) is 11.1. The molecule has 1 aliphatic carbocycles. The first-order valence-electron chi connectivity index (χ1n) is 12.2. The van der Waals surface area contributed by atoms with Crippen molar-refractivity contribution in [2.24, 2.45) is 5.16 Å². The molecule has 2 aliphatic heterocycles. The number of anilines is 1. The number of nitrogens with zero attached hydrogens (tertiary/aromatic N) is 5. The Bertz CT molecular complexity index is 899. The lowest BCUT2D eigenvalue weighted by atomic mass is 9.91. The minimum atomic E-state index is -0.909. The molecule has 0 aromatic carbocycles. The van der Waals surface area contributed by atoms with E-state index in [9.17, 15) is 9.59 Å². The van der Waals surface area contributed by atoms with E-state index in [0.29, 0.717) is 56.4 Å². The topological polar surface area (TPSA) is 99.6 Å². The molecular formula is C23H33ClN6O4. The molecule has 0 bridgehead atoms. The second-order valence-corrected chi connectivity index (χ2v) is 9.32. The van der Waals surface area contributed by atoms with Gasteiger partial charge in [0.2, 0.25) is 5.72 Å². The highest BCUT2D eigenvalue weighted by Crippen LogP contribution is 2.39. The third kappa shape index (κ3) is 5.32. The number of oxime groups is 1. The number of nitrogens with one attached hydrogen (secondary N) is 1. The van der Waals surface area contributed by atoms with Gasteiger partial charge in [0.15, 0.2) is 0 Å². The van der Waals surface area contributed by atoms with E-state index in [1.165, 1.54) is 5.06 Å². The summed E-state index contributed by atoms with van der Waals surface area (Å²) < 4.78 is 0. The van der Waals surface area contributed by atoms with Crippen molar-refractivity contribution in [1.82, 2.24) is 20.3 Å². The minimum absolute atomic E-state index is 0.0231. The molecule has 11 heteroatoms. The summed E-state index contributed by atoms with van der Waals surface area (Å²) in [5.74, 6) is 0.423. The van der Waals surface area contributed by atoms with Crippen molar-refractivity contribution in [3.8, 4) is 0 Å². The molecule has 34 heavy (non-hydrogen) atoms. The van der Waals surface area contributed by atoms with Gasteiger partial charge >= 0.3 is 6.09 Å².